The van der Waals surface area contributed by atoms with Crippen molar-refractivity contribution >= 4 is 15.9 Å². The number of hydrogen-bond acceptors (Lipinski definition) is 6. The molecule has 2 N–H and O–H groups in total. The van der Waals surface area contributed by atoms with Crippen LogP contribution in [0.5, 0.6) is 5.75 Å². The number of carbonyl (C=O) groups excluding carboxylic acids is 1. The highest BCUT2D eigenvalue weighted by molar-refractivity contribution is 7.89. The molecule has 11 heteroatoms. The van der Waals surface area contributed by atoms with Crippen molar-refractivity contribution in [1.29, 1.82) is 0 Å². The summed E-state index contributed by atoms with van der Waals surface area (Å²) in [6.07, 6.45) is -0.0766. The average molecular weight is 549 g/mol. The molecular weight excluding hydrogens is 520 g/mol. The highest BCUT2D eigenvalue weighted by Gasteiger charge is 2.42. The molecule has 39 heavy (non-hydrogen) atoms. The number of sulfonamides is 1. The number of hydrogen-bond donors (Lipinski definition) is 2. The first-order valence-electron chi connectivity index (χ1n) is 12.3. The van der Waals surface area contributed by atoms with Gasteiger partial charge >= 0.3 is 0 Å². The molecule has 1 amide bonds. The molecule has 1 aromatic heterocycles. The number of fused-ring (bicyclic) bond motifs is 1. The van der Waals surface area contributed by atoms with Gasteiger partial charge in [-0.25, -0.2) is 18.6 Å². The fourth-order valence-corrected chi connectivity index (χ4v) is 6.35. The molecule has 0 unspecified atom stereocenters. The lowest BCUT2D eigenvalue weighted by Gasteiger charge is -2.33. The Morgan fingerprint density at radius 1 is 0.974 bits per heavy atom. The Balaban J connectivity index is 1.43. The molecule has 0 fully saturated rings. The van der Waals surface area contributed by atoms with Crippen molar-refractivity contribution in [2.45, 2.75) is 37.1 Å². The van der Waals surface area contributed by atoms with Crippen molar-refractivity contribution in [1.82, 2.24) is 19.1 Å². The maximum absolute atomic E-state index is 13.7. The predicted octanol–water partition coefficient (Wildman–Crippen LogP) is 2.44. The Kier molecular flexibility index (Phi) is 7.38. The second-order valence-corrected chi connectivity index (χ2v) is 11.2. The summed E-state index contributed by atoms with van der Waals surface area (Å²) < 4.78 is 37.3. The molecule has 1 aliphatic heterocycles. The van der Waals surface area contributed by atoms with E-state index in [-0.39, 0.29) is 30.0 Å². The summed E-state index contributed by atoms with van der Waals surface area (Å²) in [6, 6.07) is 23.6. The number of amides is 1. The summed E-state index contributed by atoms with van der Waals surface area (Å²) in [5.74, 6) is -0.398. The van der Waals surface area contributed by atoms with Crippen LogP contribution in [0.15, 0.2) is 94.6 Å². The Bertz CT molecular complexity index is 1630. The van der Waals surface area contributed by atoms with Crippen LogP contribution >= 0.6 is 0 Å². The van der Waals surface area contributed by atoms with Gasteiger partial charge in [0.15, 0.2) is 0 Å². The molecular formula is C28H28N4O6S. The third-order valence-electron chi connectivity index (χ3n) is 6.91. The topological polar surface area (TPSA) is 123 Å². The number of aromatic nitrogens is 2. The largest absolute Gasteiger partial charge is 0.489 e. The standard InChI is InChI=1S/C28H28N4O6S/c1-30-25-16-26(27(33)29-35)32(18-24(25)28(34)31(30)17-20-8-4-2-5-9-20)39(36,37)23-14-12-22(13-15-23)38-19-21-10-6-3-7-11-21/h2-15,26,35H,16-19H2,1H3,(H,29,33)/t26-/m1/s1. The minimum Gasteiger partial charge on any atom is -0.489 e. The normalized spacial score (nSPS) is 15.5. The molecule has 5 rings (SSSR count). The van der Waals surface area contributed by atoms with E-state index in [1.807, 2.05) is 60.7 Å². The van der Waals surface area contributed by atoms with Crippen molar-refractivity contribution < 1.29 is 23.2 Å². The van der Waals surface area contributed by atoms with E-state index in [4.69, 9.17) is 4.74 Å². The maximum atomic E-state index is 13.7. The zero-order valence-electron chi connectivity index (χ0n) is 21.2. The van der Waals surface area contributed by atoms with Crippen LogP contribution in [-0.2, 0) is 48.0 Å². The van der Waals surface area contributed by atoms with Crippen LogP contribution in [0.3, 0.4) is 0 Å². The van der Waals surface area contributed by atoms with E-state index in [0.717, 1.165) is 15.4 Å². The first kappa shape index (κ1) is 26.4. The van der Waals surface area contributed by atoms with Crippen LogP contribution in [0.25, 0.3) is 0 Å². The molecule has 10 nitrogen and oxygen atoms in total. The molecule has 0 saturated heterocycles. The number of benzene rings is 3. The molecule has 1 aliphatic rings. The van der Waals surface area contributed by atoms with Gasteiger partial charge in [-0.3, -0.25) is 19.5 Å². The first-order chi connectivity index (χ1) is 18.8. The van der Waals surface area contributed by atoms with Gasteiger partial charge in [0.1, 0.15) is 18.4 Å². The molecule has 1 atom stereocenters. The van der Waals surface area contributed by atoms with Crippen LogP contribution in [0.1, 0.15) is 22.4 Å². The molecule has 0 bridgehead atoms. The summed E-state index contributed by atoms with van der Waals surface area (Å²) in [6.45, 7) is 0.303. The van der Waals surface area contributed by atoms with Crippen molar-refractivity contribution in [3.63, 3.8) is 0 Å². The van der Waals surface area contributed by atoms with Crippen molar-refractivity contribution in [2.75, 3.05) is 0 Å². The number of ether oxygens (including phenoxy) is 1. The number of nitrogens with zero attached hydrogens (tertiary/aromatic N) is 3. The van der Waals surface area contributed by atoms with Gasteiger partial charge in [-0.2, -0.15) is 4.31 Å². The summed E-state index contributed by atoms with van der Waals surface area (Å²) in [7, 11) is -2.52. The van der Waals surface area contributed by atoms with Gasteiger partial charge in [0.25, 0.3) is 11.5 Å². The Morgan fingerprint density at radius 3 is 2.21 bits per heavy atom. The monoisotopic (exact) mass is 548 g/mol. The Hall–Kier alpha value is -4.19. The summed E-state index contributed by atoms with van der Waals surface area (Å²) in [5, 5.41) is 9.39. The van der Waals surface area contributed by atoms with Gasteiger partial charge in [-0.15, -0.1) is 0 Å². The van der Waals surface area contributed by atoms with E-state index in [1.165, 1.54) is 16.8 Å². The fourth-order valence-electron chi connectivity index (χ4n) is 4.79. The Labute approximate surface area is 225 Å². The fraction of sp³-hybridized carbons (Fsp3) is 0.214. The van der Waals surface area contributed by atoms with E-state index < -0.39 is 22.0 Å². The SMILES string of the molecule is Cn1c2c(c(=O)n1Cc1ccccc1)CN(S(=O)(=O)c1ccc(OCc3ccccc3)cc1)[C@@H](C(=O)NO)C2. The van der Waals surface area contributed by atoms with E-state index in [1.54, 1.807) is 29.3 Å². The van der Waals surface area contributed by atoms with Crippen molar-refractivity contribution in [2.24, 2.45) is 7.05 Å². The third-order valence-corrected chi connectivity index (χ3v) is 8.78. The van der Waals surface area contributed by atoms with Gasteiger partial charge in [0.2, 0.25) is 10.0 Å². The maximum Gasteiger partial charge on any atom is 0.271 e. The third kappa shape index (κ3) is 5.24. The van der Waals surface area contributed by atoms with E-state index in [2.05, 4.69) is 0 Å². The first-order valence-corrected chi connectivity index (χ1v) is 13.8. The Morgan fingerprint density at radius 2 is 1.59 bits per heavy atom. The predicted molar refractivity (Wildman–Crippen MR) is 143 cm³/mol. The van der Waals surface area contributed by atoms with Crippen LogP contribution in [0.2, 0.25) is 0 Å². The lowest BCUT2D eigenvalue weighted by molar-refractivity contribution is -0.133. The number of carbonyl (C=O) groups is 1. The van der Waals surface area contributed by atoms with Gasteiger partial charge in [-0.05, 0) is 35.4 Å². The lowest BCUT2D eigenvalue weighted by atomic mass is 10.0. The van der Waals surface area contributed by atoms with Gasteiger partial charge in [0, 0.05) is 25.7 Å². The summed E-state index contributed by atoms with van der Waals surface area (Å²) in [4.78, 5) is 26.0. The summed E-state index contributed by atoms with van der Waals surface area (Å²) in [5.41, 5.74) is 3.96. The number of nitrogens with one attached hydrogen (secondary N) is 1. The van der Waals surface area contributed by atoms with Crippen molar-refractivity contribution in [3.05, 3.63) is 118 Å². The molecule has 0 radical (unpaired) electrons. The van der Waals surface area contributed by atoms with Crippen LogP contribution in [-0.4, -0.2) is 39.2 Å². The number of hydroxylamine groups is 1. The smallest absolute Gasteiger partial charge is 0.271 e. The quantitative estimate of drug-likeness (QED) is 0.258. The molecule has 4 aromatic rings. The van der Waals surface area contributed by atoms with Gasteiger partial charge < -0.3 is 4.74 Å². The number of rotatable bonds is 8. The minimum atomic E-state index is -4.22. The minimum absolute atomic E-state index is 0.0608. The average Bonchev–Trinajstić information content (AvgIpc) is 3.20. The second kappa shape index (κ2) is 10.9. The van der Waals surface area contributed by atoms with Crippen molar-refractivity contribution in [3.8, 4) is 5.75 Å². The lowest BCUT2D eigenvalue weighted by Crippen LogP contribution is -2.52. The second-order valence-electron chi connectivity index (χ2n) is 9.29. The van der Waals surface area contributed by atoms with Crippen LogP contribution in [0, 0.1) is 0 Å². The van der Waals surface area contributed by atoms with E-state index >= 15 is 0 Å². The highest BCUT2D eigenvalue weighted by Crippen LogP contribution is 2.29. The van der Waals surface area contributed by atoms with Crippen LogP contribution < -0.4 is 15.8 Å². The molecule has 202 valence electrons. The molecule has 2 heterocycles. The van der Waals surface area contributed by atoms with Crippen LogP contribution in [0.4, 0.5) is 0 Å². The zero-order valence-corrected chi connectivity index (χ0v) is 22.0. The van der Waals surface area contributed by atoms with E-state index in [0.29, 0.717) is 23.6 Å². The zero-order chi connectivity index (χ0) is 27.6. The molecule has 3 aromatic carbocycles. The highest BCUT2D eigenvalue weighted by atomic mass is 32.2. The molecule has 0 spiro atoms. The van der Waals surface area contributed by atoms with Gasteiger partial charge in [-0.1, -0.05) is 60.7 Å². The molecule has 0 aliphatic carbocycles. The summed E-state index contributed by atoms with van der Waals surface area (Å²) >= 11 is 0. The molecule has 0 saturated carbocycles. The van der Waals surface area contributed by atoms with Gasteiger partial charge in [0.05, 0.1) is 17.0 Å². The van der Waals surface area contributed by atoms with E-state index in [9.17, 15) is 23.2 Å².